The summed E-state index contributed by atoms with van der Waals surface area (Å²) in [5.74, 6) is 0. The van der Waals surface area contributed by atoms with Crippen LogP contribution in [0.4, 0.5) is 0 Å². The molecule has 1 aliphatic rings. The molecule has 6 nitrogen and oxygen atoms in total. The summed E-state index contributed by atoms with van der Waals surface area (Å²) in [6.07, 6.45) is 13.8. The number of pyridine rings is 2. The SMILES string of the molecule is c1cc(-c2cn3cc(-c4cc(CN5CCCC5)ccn4)nc3cn2)ccn1. The topological polar surface area (TPSA) is 59.2 Å². The lowest BCUT2D eigenvalue weighted by atomic mass is 10.2. The Morgan fingerprint density at radius 3 is 2.52 bits per heavy atom. The third-order valence-corrected chi connectivity index (χ3v) is 5.01. The maximum Gasteiger partial charge on any atom is 0.156 e. The maximum absolute atomic E-state index is 4.70. The monoisotopic (exact) mass is 356 g/mol. The zero-order chi connectivity index (χ0) is 18.1. The molecule has 5 rings (SSSR count). The number of hydrogen-bond donors (Lipinski definition) is 0. The smallest absolute Gasteiger partial charge is 0.156 e. The molecule has 0 saturated carbocycles. The first-order valence-corrected chi connectivity index (χ1v) is 9.28. The lowest BCUT2D eigenvalue weighted by Crippen LogP contribution is -2.18. The molecule has 4 aromatic rings. The number of nitrogens with zero attached hydrogens (tertiary/aromatic N) is 6. The second kappa shape index (κ2) is 6.89. The summed E-state index contributed by atoms with van der Waals surface area (Å²) in [6.45, 7) is 3.36. The molecule has 0 atom stereocenters. The fourth-order valence-electron chi connectivity index (χ4n) is 3.61. The average Bonchev–Trinajstić information content (AvgIpc) is 3.38. The van der Waals surface area contributed by atoms with E-state index in [2.05, 4.69) is 32.0 Å². The van der Waals surface area contributed by atoms with Crippen LogP contribution in [-0.4, -0.2) is 42.3 Å². The minimum atomic E-state index is 0.814. The summed E-state index contributed by atoms with van der Waals surface area (Å²) < 4.78 is 2.01. The second-order valence-electron chi connectivity index (χ2n) is 6.93. The van der Waals surface area contributed by atoms with Crippen molar-refractivity contribution >= 4 is 5.65 Å². The number of aromatic nitrogens is 5. The first-order chi connectivity index (χ1) is 13.3. The van der Waals surface area contributed by atoms with Gasteiger partial charge >= 0.3 is 0 Å². The van der Waals surface area contributed by atoms with Crippen molar-refractivity contribution in [2.75, 3.05) is 13.1 Å². The van der Waals surface area contributed by atoms with E-state index < -0.39 is 0 Å². The van der Waals surface area contributed by atoms with E-state index in [9.17, 15) is 0 Å². The first kappa shape index (κ1) is 16.1. The molecule has 1 aliphatic heterocycles. The van der Waals surface area contributed by atoms with Crippen LogP contribution < -0.4 is 0 Å². The van der Waals surface area contributed by atoms with Gasteiger partial charge in [0.25, 0.3) is 0 Å². The third kappa shape index (κ3) is 3.31. The number of rotatable bonds is 4. The highest BCUT2D eigenvalue weighted by Gasteiger charge is 2.13. The molecule has 0 spiro atoms. The predicted molar refractivity (Wildman–Crippen MR) is 104 cm³/mol. The standard InChI is InChI=1S/C21H20N6/c1-2-10-26(9-1)13-16-3-8-23-18(11-16)20-15-27-14-19(24-12-21(27)25-20)17-4-6-22-7-5-17/h3-8,11-12,14-15H,1-2,9-10,13H2. The Morgan fingerprint density at radius 1 is 0.852 bits per heavy atom. The fourth-order valence-corrected chi connectivity index (χ4v) is 3.61. The Morgan fingerprint density at radius 2 is 1.67 bits per heavy atom. The molecule has 0 aromatic carbocycles. The molecule has 0 unspecified atom stereocenters. The van der Waals surface area contributed by atoms with Crippen LogP contribution in [0.1, 0.15) is 18.4 Å². The van der Waals surface area contributed by atoms with E-state index in [4.69, 9.17) is 4.98 Å². The van der Waals surface area contributed by atoms with E-state index in [0.717, 1.165) is 34.8 Å². The van der Waals surface area contributed by atoms with E-state index >= 15 is 0 Å². The zero-order valence-corrected chi connectivity index (χ0v) is 15.0. The van der Waals surface area contributed by atoms with Crippen molar-refractivity contribution in [3.63, 3.8) is 0 Å². The molecule has 0 amide bonds. The molecular weight excluding hydrogens is 336 g/mol. The number of fused-ring (bicyclic) bond motifs is 1. The molecule has 0 radical (unpaired) electrons. The van der Waals surface area contributed by atoms with Crippen LogP contribution in [0.25, 0.3) is 28.3 Å². The fraction of sp³-hybridized carbons (Fsp3) is 0.238. The Labute approximate surface area is 157 Å². The van der Waals surface area contributed by atoms with Crippen LogP contribution in [-0.2, 0) is 6.54 Å². The van der Waals surface area contributed by atoms with Gasteiger partial charge in [-0.15, -0.1) is 0 Å². The van der Waals surface area contributed by atoms with Gasteiger partial charge < -0.3 is 4.40 Å². The van der Waals surface area contributed by atoms with Crippen molar-refractivity contribution in [2.24, 2.45) is 0 Å². The number of likely N-dealkylation sites (tertiary alicyclic amines) is 1. The lowest BCUT2D eigenvalue weighted by Gasteiger charge is -2.14. The molecule has 0 N–H and O–H groups in total. The van der Waals surface area contributed by atoms with Crippen LogP contribution in [0.2, 0.25) is 0 Å². The minimum Gasteiger partial charge on any atom is -0.303 e. The Hall–Kier alpha value is -3.12. The molecule has 4 aromatic heterocycles. The van der Waals surface area contributed by atoms with Crippen LogP contribution in [0.5, 0.6) is 0 Å². The summed E-state index contributed by atoms with van der Waals surface area (Å²) in [6, 6.07) is 8.16. The molecule has 134 valence electrons. The molecule has 6 heteroatoms. The quantitative estimate of drug-likeness (QED) is 0.560. The van der Waals surface area contributed by atoms with Crippen LogP contribution >= 0.6 is 0 Å². The van der Waals surface area contributed by atoms with Crippen LogP contribution in [0, 0.1) is 0 Å². The van der Waals surface area contributed by atoms with E-state index in [1.165, 1.54) is 31.5 Å². The summed E-state index contributed by atoms with van der Waals surface area (Å²) >= 11 is 0. The normalized spacial score (nSPS) is 14.8. The highest BCUT2D eigenvalue weighted by atomic mass is 15.1. The minimum absolute atomic E-state index is 0.814. The van der Waals surface area contributed by atoms with Crippen molar-refractivity contribution in [3.8, 4) is 22.6 Å². The Balaban J connectivity index is 1.46. The lowest BCUT2D eigenvalue weighted by molar-refractivity contribution is 0.331. The Kier molecular flexibility index (Phi) is 4.10. The molecule has 1 fully saturated rings. The maximum atomic E-state index is 4.70. The van der Waals surface area contributed by atoms with Gasteiger partial charge in [-0.3, -0.25) is 19.9 Å². The van der Waals surface area contributed by atoms with Gasteiger partial charge in [0, 0.05) is 43.1 Å². The summed E-state index contributed by atoms with van der Waals surface area (Å²) in [7, 11) is 0. The van der Waals surface area contributed by atoms with E-state index in [1.807, 2.05) is 35.1 Å². The predicted octanol–water partition coefficient (Wildman–Crippen LogP) is 3.45. The highest BCUT2D eigenvalue weighted by Crippen LogP contribution is 2.22. The van der Waals surface area contributed by atoms with Gasteiger partial charge in [-0.2, -0.15) is 0 Å². The van der Waals surface area contributed by atoms with E-state index in [-0.39, 0.29) is 0 Å². The van der Waals surface area contributed by atoms with Gasteiger partial charge in [-0.25, -0.2) is 4.98 Å². The van der Waals surface area contributed by atoms with E-state index in [0.29, 0.717) is 0 Å². The van der Waals surface area contributed by atoms with Crippen molar-refractivity contribution in [1.82, 2.24) is 29.2 Å². The zero-order valence-electron chi connectivity index (χ0n) is 15.0. The van der Waals surface area contributed by atoms with E-state index in [1.54, 1.807) is 18.6 Å². The van der Waals surface area contributed by atoms with Gasteiger partial charge in [0.05, 0.1) is 17.6 Å². The van der Waals surface area contributed by atoms with Gasteiger partial charge in [-0.1, -0.05) is 0 Å². The summed E-state index contributed by atoms with van der Waals surface area (Å²) in [5, 5.41) is 0. The van der Waals surface area contributed by atoms with Crippen molar-refractivity contribution < 1.29 is 0 Å². The highest BCUT2D eigenvalue weighted by molar-refractivity contribution is 5.62. The summed E-state index contributed by atoms with van der Waals surface area (Å²) in [5.41, 5.74) is 5.80. The van der Waals surface area contributed by atoms with Crippen LogP contribution in [0.3, 0.4) is 0 Å². The van der Waals surface area contributed by atoms with Crippen molar-refractivity contribution in [2.45, 2.75) is 19.4 Å². The van der Waals surface area contributed by atoms with Gasteiger partial charge in [0.2, 0.25) is 0 Å². The van der Waals surface area contributed by atoms with Gasteiger partial charge in [0.15, 0.2) is 5.65 Å². The molecule has 27 heavy (non-hydrogen) atoms. The largest absolute Gasteiger partial charge is 0.303 e. The second-order valence-corrected chi connectivity index (χ2v) is 6.93. The number of imidazole rings is 1. The van der Waals surface area contributed by atoms with Gasteiger partial charge in [0.1, 0.15) is 5.69 Å². The Bertz CT molecular complexity index is 1070. The average molecular weight is 356 g/mol. The summed E-state index contributed by atoms with van der Waals surface area (Å²) in [4.78, 5) is 20.3. The number of hydrogen-bond acceptors (Lipinski definition) is 5. The molecule has 5 heterocycles. The van der Waals surface area contributed by atoms with Gasteiger partial charge in [-0.05, 0) is 55.8 Å². The molecule has 0 aliphatic carbocycles. The van der Waals surface area contributed by atoms with Crippen molar-refractivity contribution in [3.05, 3.63) is 67.0 Å². The van der Waals surface area contributed by atoms with Crippen molar-refractivity contribution in [1.29, 1.82) is 0 Å². The van der Waals surface area contributed by atoms with Crippen LogP contribution in [0.15, 0.2) is 61.4 Å². The first-order valence-electron chi connectivity index (χ1n) is 9.28. The molecular formula is C21H20N6. The molecule has 1 saturated heterocycles. The third-order valence-electron chi connectivity index (χ3n) is 5.01. The molecule has 0 bridgehead atoms.